The summed E-state index contributed by atoms with van der Waals surface area (Å²) in [5, 5.41) is 69.1. The van der Waals surface area contributed by atoms with Crippen molar-refractivity contribution in [3.8, 4) is 40.1 Å². The van der Waals surface area contributed by atoms with Crippen LogP contribution >= 0.6 is 0 Å². The van der Waals surface area contributed by atoms with Gasteiger partial charge in [-0.05, 0) is 18.2 Å². The van der Waals surface area contributed by atoms with Crippen LogP contribution in [0.1, 0.15) is 0 Å². The maximum Gasteiger partial charge on any atom is 0.335 e. The highest BCUT2D eigenvalue weighted by atomic mass is 16.7. The molecule has 1 aliphatic heterocycles. The molecule has 5 atom stereocenters. The first-order chi connectivity index (χ1) is 16.5. The monoisotopic (exact) mass is 492 g/mol. The fraction of sp³-hybridized carbons (Fsp3) is 0.273. The first kappa shape index (κ1) is 24.1. The van der Waals surface area contributed by atoms with Crippen LogP contribution in [-0.2, 0) is 9.53 Å². The van der Waals surface area contributed by atoms with Gasteiger partial charge in [0.25, 0.3) is 0 Å². The largest absolute Gasteiger partial charge is 0.508 e. The number of hydrogen-bond donors (Lipinski definition) is 7. The van der Waals surface area contributed by atoms with Gasteiger partial charge in [0, 0.05) is 17.7 Å². The highest BCUT2D eigenvalue weighted by Gasteiger charge is 2.48. The van der Waals surface area contributed by atoms with Gasteiger partial charge in [0.15, 0.2) is 23.4 Å². The number of ether oxygens (including phenoxy) is 3. The number of hydrogen-bond acceptors (Lipinski definition) is 12. The SMILES string of the molecule is COc1cc(-c2oc3cc(O)cc(O)c3c(=O)c2O[C@H]2O[C@@H](C(=O)O)[C@@H](O)[C@@H](O)[C@H]2O)ccc1O. The number of methoxy groups -OCH3 is 1. The van der Waals surface area contributed by atoms with Crippen molar-refractivity contribution in [1.29, 1.82) is 0 Å². The number of aliphatic carboxylic acids is 1. The van der Waals surface area contributed by atoms with Crippen molar-refractivity contribution in [2.45, 2.75) is 30.7 Å². The molecule has 1 fully saturated rings. The third kappa shape index (κ3) is 4.17. The van der Waals surface area contributed by atoms with Crippen LogP contribution in [0.4, 0.5) is 0 Å². The van der Waals surface area contributed by atoms with Gasteiger partial charge in [0.2, 0.25) is 17.5 Å². The number of aromatic hydroxyl groups is 3. The number of benzene rings is 2. The van der Waals surface area contributed by atoms with Crippen molar-refractivity contribution in [3.63, 3.8) is 0 Å². The molecule has 7 N–H and O–H groups in total. The Kier molecular flexibility index (Phi) is 6.17. The maximum absolute atomic E-state index is 13.3. The zero-order valence-electron chi connectivity index (χ0n) is 17.9. The molecule has 1 aliphatic rings. The zero-order chi connectivity index (χ0) is 25.6. The van der Waals surface area contributed by atoms with E-state index in [1.54, 1.807) is 0 Å². The van der Waals surface area contributed by atoms with Gasteiger partial charge < -0.3 is 54.4 Å². The molecule has 13 heteroatoms. The van der Waals surface area contributed by atoms with E-state index in [0.717, 1.165) is 12.1 Å². The molecule has 35 heavy (non-hydrogen) atoms. The van der Waals surface area contributed by atoms with Crippen molar-refractivity contribution < 1.29 is 59.2 Å². The van der Waals surface area contributed by atoms with Gasteiger partial charge in [-0.3, -0.25) is 4.79 Å². The molecular weight excluding hydrogens is 472 g/mol. The average Bonchev–Trinajstić information content (AvgIpc) is 2.80. The van der Waals surface area contributed by atoms with E-state index in [-0.39, 0.29) is 28.4 Å². The Morgan fingerprint density at radius 3 is 2.34 bits per heavy atom. The molecule has 0 aliphatic carbocycles. The Morgan fingerprint density at radius 1 is 0.971 bits per heavy atom. The zero-order valence-corrected chi connectivity index (χ0v) is 17.9. The van der Waals surface area contributed by atoms with Crippen LogP contribution < -0.4 is 14.9 Å². The molecule has 4 rings (SSSR count). The molecule has 0 amide bonds. The van der Waals surface area contributed by atoms with E-state index in [1.807, 2.05) is 0 Å². The predicted octanol–water partition coefficient (Wildman–Crippen LogP) is -0.144. The molecule has 2 aromatic carbocycles. The average molecular weight is 492 g/mol. The topological polar surface area (TPSA) is 217 Å². The smallest absolute Gasteiger partial charge is 0.335 e. The Balaban J connectivity index is 1.92. The molecule has 0 saturated carbocycles. The minimum atomic E-state index is -2.01. The highest BCUT2D eigenvalue weighted by molar-refractivity contribution is 5.88. The van der Waals surface area contributed by atoms with Crippen LogP contribution in [0, 0.1) is 0 Å². The molecule has 186 valence electrons. The van der Waals surface area contributed by atoms with E-state index in [1.165, 1.54) is 25.3 Å². The minimum Gasteiger partial charge on any atom is -0.508 e. The van der Waals surface area contributed by atoms with E-state index < -0.39 is 64.7 Å². The Labute approximate surface area is 195 Å². The summed E-state index contributed by atoms with van der Waals surface area (Å²) >= 11 is 0. The van der Waals surface area contributed by atoms with Crippen molar-refractivity contribution in [3.05, 3.63) is 40.6 Å². The standard InChI is InChI=1S/C22H20O13/c1-32-11-4-7(2-3-9(11)24)18-19(14(26)13-10(25)5-8(23)6-12(13)33-18)34-22-17(29)15(27)16(28)20(35-22)21(30)31/h2-6,15-17,20,22-25,27-29H,1H3,(H,30,31)/t15-,16+,17-,20-,22+/m1/s1. The van der Waals surface area contributed by atoms with Crippen LogP contribution in [0.5, 0.6) is 28.7 Å². The fourth-order valence-electron chi connectivity index (χ4n) is 3.65. The van der Waals surface area contributed by atoms with Crippen molar-refractivity contribution in [1.82, 2.24) is 0 Å². The van der Waals surface area contributed by atoms with Gasteiger partial charge in [-0.2, -0.15) is 0 Å². The van der Waals surface area contributed by atoms with Gasteiger partial charge in [0.05, 0.1) is 7.11 Å². The van der Waals surface area contributed by atoms with Gasteiger partial charge in [-0.1, -0.05) is 0 Å². The predicted molar refractivity (Wildman–Crippen MR) is 114 cm³/mol. The molecule has 3 aromatic rings. The summed E-state index contributed by atoms with van der Waals surface area (Å²) in [6.07, 6.45) is -9.97. The molecule has 1 saturated heterocycles. The van der Waals surface area contributed by atoms with Crippen LogP contribution in [0.2, 0.25) is 0 Å². The molecule has 0 bridgehead atoms. The van der Waals surface area contributed by atoms with E-state index in [0.29, 0.717) is 0 Å². The molecule has 0 unspecified atom stereocenters. The van der Waals surface area contributed by atoms with Crippen molar-refractivity contribution in [2.24, 2.45) is 0 Å². The van der Waals surface area contributed by atoms with E-state index in [2.05, 4.69) is 0 Å². The number of carboxylic acids is 1. The van der Waals surface area contributed by atoms with Crippen molar-refractivity contribution >= 4 is 16.9 Å². The number of phenols is 3. The summed E-state index contributed by atoms with van der Waals surface area (Å²) in [4.78, 5) is 24.8. The Morgan fingerprint density at radius 2 is 1.69 bits per heavy atom. The first-order valence-corrected chi connectivity index (χ1v) is 10.0. The number of fused-ring (bicyclic) bond motifs is 1. The highest BCUT2D eigenvalue weighted by Crippen LogP contribution is 2.39. The summed E-state index contributed by atoms with van der Waals surface area (Å²) in [7, 11) is 1.27. The second-order valence-electron chi connectivity index (χ2n) is 7.67. The lowest BCUT2D eigenvalue weighted by molar-refractivity contribution is -0.271. The third-order valence-corrected chi connectivity index (χ3v) is 5.41. The number of carboxylic acid groups (broad SMARTS) is 1. The number of carbonyl (C=O) groups is 1. The molecule has 1 aromatic heterocycles. The lowest BCUT2D eigenvalue weighted by Gasteiger charge is -2.38. The van der Waals surface area contributed by atoms with Gasteiger partial charge >= 0.3 is 5.97 Å². The normalized spacial score (nSPS) is 24.3. The number of aliphatic hydroxyl groups is 3. The summed E-state index contributed by atoms with van der Waals surface area (Å²) in [6.45, 7) is 0. The summed E-state index contributed by atoms with van der Waals surface area (Å²) < 4.78 is 21.3. The first-order valence-electron chi connectivity index (χ1n) is 10.0. The van der Waals surface area contributed by atoms with Gasteiger partial charge in [-0.15, -0.1) is 0 Å². The number of phenolic OH excluding ortho intramolecular Hbond substituents is 3. The molecule has 0 spiro atoms. The summed E-state index contributed by atoms with van der Waals surface area (Å²) in [5.41, 5.74) is -1.17. The van der Waals surface area contributed by atoms with E-state index in [4.69, 9.17) is 18.6 Å². The van der Waals surface area contributed by atoms with E-state index in [9.17, 15) is 45.3 Å². The lowest BCUT2D eigenvalue weighted by Crippen LogP contribution is -2.61. The number of aliphatic hydroxyl groups excluding tert-OH is 3. The maximum atomic E-state index is 13.3. The van der Waals surface area contributed by atoms with Crippen LogP contribution in [0.15, 0.2) is 39.5 Å². The van der Waals surface area contributed by atoms with Crippen LogP contribution in [-0.4, -0.2) is 79.5 Å². The second kappa shape index (κ2) is 8.96. The Bertz CT molecular complexity index is 1350. The van der Waals surface area contributed by atoms with Gasteiger partial charge in [-0.25, -0.2) is 4.79 Å². The lowest BCUT2D eigenvalue weighted by atomic mass is 9.99. The minimum absolute atomic E-state index is 0.0200. The summed E-state index contributed by atoms with van der Waals surface area (Å²) in [5.74, 6) is -4.04. The van der Waals surface area contributed by atoms with Gasteiger partial charge in [0.1, 0.15) is 40.8 Å². The third-order valence-electron chi connectivity index (χ3n) is 5.41. The van der Waals surface area contributed by atoms with E-state index >= 15 is 0 Å². The Hall–Kier alpha value is -4.04. The van der Waals surface area contributed by atoms with Crippen LogP contribution in [0.3, 0.4) is 0 Å². The fourth-order valence-corrected chi connectivity index (χ4v) is 3.65. The number of rotatable bonds is 5. The molecule has 2 heterocycles. The van der Waals surface area contributed by atoms with Crippen LogP contribution in [0.25, 0.3) is 22.3 Å². The molecular formula is C22H20O13. The summed E-state index contributed by atoms with van der Waals surface area (Å²) in [6, 6.07) is 5.72. The second-order valence-corrected chi connectivity index (χ2v) is 7.67. The molecule has 0 radical (unpaired) electrons. The quantitative estimate of drug-likeness (QED) is 0.247. The molecule has 13 nitrogen and oxygen atoms in total. The van der Waals surface area contributed by atoms with Crippen molar-refractivity contribution in [2.75, 3.05) is 7.11 Å².